The molecule has 0 aromatic heterocycles. The first-order valence-electron chi connectivity index (χ1n) is 9.25. The molecule has 0 aromatic rings. The lowest BCUT2D eigenvalue weighted by atomic mass is 10.1. The van der Waals surface area contributed by atoms with Gasteiger partial charge in [-0.05, 0) is 25.7 Å². The van der Waals surface area contributed by atoms with Crippen LogP contribution in [0.25, 0.3) is 0 Å². The molecule has 0 aliphatic carbocycles. The van der Waals surface area contributed by atoms with E-state index in [0.29, 0.717) is 0 Å². The zero-order chi connectivity index (χ0) is 17.8. The zero-order valence-corrected chi connectivity index (χ0v) is 15.2. The van der Waals surface area contributed by atoms with Crippen LogP contribution >= 0.6 is 0 Å². The van der Waals surface area contributed by atoms with Crippen LogP contribution in [0.15, 0.2) is 29.5 Å². The summed E-state index contributed by atoms with van der Waals surface area (Å²) in [5.74, 6) is -0.255. The average molecular weight is 335 g/mol. The second-order valence-corrected chi connectivity index (χ2v) is 6.61. The van der Waals surface area contributed by atoms with Gasteiger partial charge in [-0.25, -0.2) is 9.48 Å². The van der Waals surface area contributed by atoms with Gasteiger partial charge in [0.05, 0.1) is 12.2 Å². The second-order valence-electron chi connectivity index (χ2n) is 6.61. The number of rotatable bonds is 13. The molecule has 5 nitrogen and oxygen atoms in total. The van der Waals surface area contributed by atoms with Crippen LogP contribution in [0, 0.1) is 0 Å². The van der Waals surface area contributed by atoms with Crippen LogP contribution in [0.5, 0.6) is 0 Å². The van der Waals surface area contributed by atoms with E-state index >= 15 is 0 Å². The summed E-state index contributed by atoms with van der Waals surface area (Å²) in [4.78, 5) is 15.4. The van der Waals surface area contributed by atoms with Crippen LogP contribution < -0.4 is 10.8 Å². The van der Waals surface area contributed by atoms with Crippen molar-refractivity contribution in [2.45, 2.75) is 77.8 Å². The van der Waals surface area contributed by atoms with E-state index in [1.54, 1.807) is 12.4 Å². The van der Waals surface area contributed by atoms with Gasteiger partial charge < -0.3 is 9.90 Å². The van der Waals surface area contributed by atoms with Gasteiger partial charge in [0.1, 0.15) is 18.9 Å². The summed E-state index contributed by atoms with van der Waals surface area (Å²) in [5, 5.41) is 11.1. The van der Waals surface area contributed by atoms with Crippen LogP contribution in [0.4, 0.5) is 0 Å². The summed E-state index contributed by atoms with van der Waals surface area (Å²) in [7, 11) is 0. The molecular weight excluding hydrogens is 302 g/mol. The van der Waals surface area contributed by atoms with E-state index in [2.05, 4.69) is 24.1 Å². The first kappa shape index (κ1) is 20.6. The van der Waals surface area contributed by atoms with Crippen LogP contribution in [0.2, 0.25) is 0 Å². The predicted octanol–water partition coefficient (Wildman–Crippen LogP) is 2.83. The Bertz CT molecular complexity index is 469. The highest BCUT2D eigenvalue weighted by atomic mass is 16.4. The SMILES string of the molecule is CCCC/C=C/CCCCCCC1=NC=C[N+]1(CC(=O)[O-])C(C)N. The van der Waals surface area contributed by atoms with E-state index in [0.717, 1.165) is 31.5 Å². The fourth-order valence-electron chi connectivity index (χ4n) is 3.03. The standard InChI is InChI=1S/C19H33N3O2/c1-3-4-5-6-7-8-9-10-11-12-13-18-21-14-15-22(18,17(2)20)16-19(23)24/h6-7,14-15,17H,3-5,8-13,16,20H2,1-2H3/b7-6+. The van der Waals surface area contributed by atoms with Crippen molar-refractivity contribution in [3.05, 3.63) is 24.6 Å². The minimum atomic E-state index is -1.10. The summed E-state index contributed by atoms with van der Waals surface area (Å²) in [5.41, 5.74) is 6.03. The van der Waals surface area contributed by atoms with Crippen molar-refractivity contribution in [3.8, 4) is 0 Å². The van der Waals surface area contributed by atoms with Gasteiger partial charge in [0, 0.05) is 13.3 Å². The molecule has 1 heterocycles. The monoisotopic (exact) mass is 335 g/mol. The molecule has 0 bridgehead atoms. The molecular formula is C19H33N3O2. The Kier molecular flexibility index (Phi) is 9.57. The number of carbonyl (C=O) groups excluding carboxylic acids is 1. The third-order valence-electron chi connectivity index (χ3n) is 4.57. The molecule has 5 heteroatoms. The van der Waals surface area contributed by atoms with Gasteiger partial charge in [-0.1, -0.05) is 44.8 Å². The molecule has 1 aliphatic heterocycles. The number of unbranched alkanes of at least 4 members (excludes halogenated alkanes) is 6. The molecule has 2 N–H and O–H groups in total. The minimum absolute atomic E-state index is 0.0997. The molecule has 0 radical (unpaired) electrons. The van der Waals surface area contributed by atoms with Crippen molar-refractivity contribution in [1.29, 1.82) is 0 Å². The fourth-order valence-corrected chi connectivity index (χ4v) is 3.03. The number of aliphatic imine (C=N–C) groups is 1. The van der Waals surface area contributed by atoms with Gasteiger partial charge in [-0.3, -0.25) is 5.73 Å². The van der Waals surface area contributed by atoms with Crippen LogP contribution in [0.1, 0.15) is 71.6 Å². The quantitative estimate of drug-likeness (QED) is 0.319. The molecule has 0 spiro atoms. The Hall–Kier alpha value is -1.46. The van der Waals surface area contributed by atoms with Crippen LogP contribution in [-0.2, 0) is 4.79 Å². The molecule has 136 valence electrons. The number of hydrogen-bond donors (Lipinski definition) is 1. The number of nitrogens with two attached hydrogens (primary N) is 1. The number of carboxylic acids is 1. The number of hydrogen-bond acceptors (Lipinski definition) is 4. The molecule has 1 rings (SSSR count). The molecule has 1 aliphatic rings. The highest BCUT2D eigenvalue weighted by Gasteiger charge is 2.38. The Labute approximate surface area is 146 Å². The number of quaternary nitrogens is 1. The highest BCUT2D eigenvalue weighted by Crippen LogP contribution is 2.23. The maximum atomic E-state index is 11.1. The molecule has 24 heavy (non-hydrogen) atoms. The van der Waals surface area contributed by atoms with Crippen molar-refractivity contribution >= 4 is 11.8 Å². The van der Waals surface area contributed by atoms with E-state index in [-0.39, 0.29) is 17.2 Å². The lowest BCUT2D eigenvalue weighted by molar-refractivity contribution is -0.808. The van der Waals surface area contributed by atoms with E-state index in [1.165, 1.54) is 32.1 Å². The Morgan fingerprint density at radius 2 is 1.92 bits per heavy atom. The first-order valence-corrected chi connectivity index (χ1v) is 9.25. The van der Waals surface area contributed by atoms with E-state index in [9.17, 15) is 9.90 Å². The molecule has 0 saturated heterocycles. The third-order valence-corrected chi connectivity index (χ3v) is 4.57. The van der Waals surface area contributed by atoms with Crippen molar-refractivity contribution in [1.82, 2.24) is 0 Å². The molecule has 0 amide bonds. The lowest BCUT2D eigenvalue weighted by Gasteiger charge is -2.36. The Morgan fingerprint density at radius 1 is 1.25 bits per heavy atom. The summed E-state index contributed by atoms with van der Waals surface area (Å²) in [6.45, 7) is 3.89. The molecule has 0 aromatic carbocycles. The summed E-state index contributed by atoms with van der Waals surface area (Å²) >= 11 is 0. The largest absolute Gasteiger partial charge is 0.544 e. The van der Waals surface area contributed by atoms with Gasteiger partial charge >= 0.3 is 0 Å². The summed E-state index contributed by atoms with van der Waals surface area (Å²) in [6.07, 6.45) is 17.9. The zero-order valence-electron chi connectivity index (χ0n) is 15.2. The van der Waals surface area contributed by atoms with E-state index in [1.807, 2.05) is 6.92 Å². The first-order chi connectivity index (χ1) is 11.5. The number of allylic oxidation sites excluding steroid dienone is 2. The molecule has 0 saturated carbocycles. The lowest BCUT2D eigenvalue weighted by Crippen LogP contribution is -2.60. The highest BCUT2D eigenvalue weighted by molar-refractivity contribution is 5.81. The maximum Gasteiger partial charge on any atom is 0.209 e. The van der Waals surface area contributed by atoms with E-state index in [4.69, 9.17) is 5.73 Å². The maximum absolute atomic E-state index is 11.1. The molecule has 0 fully saturated rings. The van der Waals surface area contributed by atoms with Gasteiger partial charge in [-0.15, -0.1) is 0 Å². The Morgan fingerprint density at radius 3 is 2.54 bits per heavy atom. The van der Waals surface area contributed by atoms with Gasteiger partial charge in [0.25, 0.3) is 0 Å². The van der Waals surface area contributed by atoms with Crippen molar-refractivity contribution < 1.29 is 14.4 Å². The normalized spacial score (nSPS) is 21.4. The average Bonchev–Trinajstić information content (AvgIpc) is 2.92. The fraction of sp³-hybridized carbons (Fsp3) is 0.684. The van der Waals surface area contributed by atoms with Crippen molar-refractivity contribution in [3.63, 3.8) is 0 Å². The van der Waals surface area contributed by atoms with Crippen LogP contribution in [0.3, 0.4) is 0 Å². The number of nitrogens with zero attached hydrogens (tertiary/aromatic N) is 2. The van der Waals surface area contributed by atoms with Crippen molar-refractivity contribution in [2.75, 3.05) is 6.54 Å². The topological polar surface area (TPSA) is 78.5 Å². The number of carboxylic acid groups (broad SMARTS) is 1. The predicted molar refractivity (Wildman–Crippen MR) is 96.7 cm³/mol. The molecule has 2 unspecified atom stereocenters. The summed E-state index contributed by atoms with van der Waals surface area (Å²) in [6, 6.07) is 0. The van der Waals surface area contributed by atoms with Gasteiger partial charge in [-0.2, -0.15) is 0 Å². The number of amidine groups is 1. The smallest absolute Gasteiger partial charge is 0.209 e. The van der Waals surface area contributed by atoms with Crippen molar-refractivity contribution in [2.24, 2.45) is 10.7 Å². The van der Waals surface area contributed by atoms with Gasteiger partial charge in [0.2, 0.25) is 5.84 Å². The summed E-state index contributed by atoms with van der Waals surface area (Å²) < 4.78 is 0.0997. The second kappa shape index (κ2) is 11.2. The molecule has 2 atom stereocenters. The Balaban J connectivity index is 2.27. The number of carbonyl (C=O) groups is 1. The van der Waals surface area contributed by atoms with Crippen LogP contribution in [-0.4, -0.2) is 29.0 Å². The number of aliphatic carboxylic acids is 1. The minimum Gasteiger partial charge on any atom is -0.544 e. The third kappa shape index (κ3) is 6.57. The van der Waals surface area contributed by atoms with E-state index < -0.39 is 5.97 Å². The van der Waals surface area contributed by atoms with Gasteiger partial charge in [0.15, 0.2) is 0 Å².